The first-order valence-electron chi connectivity index (χ1n) is 9.98. The first kappa shape index (κ1) is 25.5. The van der Waals surface area contributed by atoms with Crippen LogP contribution in [0.3, 0.4) is 0 Å². The number of rotatable bonds is 10. The molecule has 2 aromatic carbocycles. The molecular weight excluding hydrogens is 460 g/mol. The Balaban J connectivity index is 0.00000341. The van der Waals surface area contributed by atoms with E-state index in [4.69, 9.17) is 0 Å². The molecule has 0 N–H and O–H groups in total. The Morgan fingerprint density at radius 2 is 1.81 bits per heavy atom. The standard InChI is InChI=1S/C22H25F2N3OS2.ClH/c1-3-26(4-2)11-12-27(20(28)10-13-29-17-8-6-5-7-9-17)22-25-21-18(24)14-16(23)15-19(21)30-22;/h5-9,14-15H,3-4,10-13H2,1-2H3;1H. The van der Waals surface area contributed by atoms with Gasteiger partial charge in [0.15, 0.2) is 10.9 Å². The molecule has 1 heterocycles. The van der Waals surface area contributed by atoms with Crippen LogP contribution in [0.15, 0.2) is 47.4 Å². The molecule has 0 atom stereocenters. The third-order valence-corrected chi connectivity index (χ3v) is 6.84. The van der Waals surface area contributed by atoms with Crippen LogP contribution in [0.25, 0.3) is 10.2 Å². The predicted octanol–water partition coefficient (Wildman–Crippen LogP) is 5.85. The normalized spacial score (nSPS) is 11.0. The number of halogens is 3. The van der Waals surface area contributed by atoms with Gasteiger partial charge in [0.1, 0.15) is 11.3 Å². The van der Waals surface area contributed by atoms with Crippen molar-refractivity contribution in [2.45, 2.75) is 25.2 Å². The fourth-order valence-corrected chi connectivity index (χ4v) is 4.99. The van der Waals surface area contributed by atoms with E-state index in [0.29, 0.717) is 35.1 Å². The lowest BCUT2D eigenvalue weighted by atomic mass is 10.3. The predicted molar refractivity (Wildman–Crippen MR) is 129 cm³/mol. The van der Waals surface area contributed by atoms with Gasteiger partial charge in [0.25, 0.3) is 0 Å². The first-order valence-corrected chi connectivity index (χ1v) is 11.8. The second-order valence-electron chi connectivity index (χ2n) is 6.71. The van der Waals surface area contributed by atoms with Crippen LogP contribution in [0.1, 0.15) is 20.3 Å². The molecule has 31 heavy (non-hydrogen) atoms. The SMILES string of the molecule is CCN(CC)CCN(C(=O)CCSc1ccccc1)c1nc2c(F)cc(F)cc2s1.Cl. The van der Waals surface area contributed by atoms with Gasteiger partial charge in [-0.05, 0) is 31.3 Å². The summed E-state index contributed by atoms with van der Waals surface area (Å²) in [6, 6.07) is 12.0. The van der Waals surface area contributed by atoms with Crippen LogP contribution in [-0.4, -0.2) is 47.7 Å². The number of anilines is 1. The Bertz CT molecular complexity index is 984. The van der Waals surface area contributed by atoms with Crippen molar-refractivity contribution in [3.8, 4) is 0 Å². The average Bonchev–Trinajstić information content (AvgIpc) is 3.16. The molecule has 0 fully saturated rings. The number of benzene rings is 2. The number of nitrogens with zero attached hydrogens (tertiary/aromatic N) is 3. The zero-order valence-corrected chi connectivity index (χ0v) is 20.0. The highest BCUT2D eigenvalue weighted by Gasteiger charge is 2.21. The number of fused-ring (bicyclic) bond motifs is 1. The van der Waals surface area contributed by atoms with Crippen LogP contribution in [0.5, 0.6) is 0 Å². The summed E-state index contributed by atoms with van der Waals surface area (Å²) in [5, 5.41) is 0.413. The van der Waals surface area contributed by atoms with Gasteiger partial charge < -0.3 is 4.90 Å². The fourth-order valence-electron chi connectivity index (χ4n) is 3.08. The second-order valence-corrected chi connectivity index (χ2v) is 8.89. The van der Waals surface area contributed by atoms with Crippen LogP contribution in [0, 0.1) is 11.6 Å². The van der Waals surface area contributed by atoms with E-state index in [1.807, 2.05) is 30.3 Å². The number of hydrogen-bond donors (Lipinski definition) is 0. The van der Waals surface area contributed by atoms with E-state index < -0.39 is 11.6 Å². The molecule has 0 aliphatic heterocycles. The molecular formula is C22H26ClF2N3OS2. The lowest BCUT2D eigenvalue weighted by Gasteiger charge is -2.24. The zero-order valence-electron chi connectivity index (χ0n) is 17.5. The molecule has 0 aliphatic carbocycles. The number of thioether (sulfide) groups is 1. The molecule has 0 saturated carbocycles. The number of thiazole rings is 1. The molecule has 0 spiro atoms. The lowest BCUT2D eigenvalue weighted by molar-refractivity contribution is -0.118. The average molecular weight is 486 g/mol. The molecule has 0 unspecified atom stereocenters. The van der Waals surface area contributed by atoms with Crippen molar-refractivity contribution in [1.29, 1.82) is 0 Å². The maximum Gasteiger partial charge on any atom is 0.229 e. The molecule has 3 aromatic rings. The summed E-state index contributed by atoms with van der Waals surface area (Å²) in [5.74, 6) is -0.775. The molecule has 0 bridgehead atoms. The van der Waals surface area contributed by atoms with Crippen molar-refractivity contribution >= 4 is 56.8 Å². The second kappa shape index (κ2) is 12.3. The van der Waals surface area contributed by atoms with Gasteiger partial charge in [0, 0.05) is 36.2 Å². The number of carbonyl (C=O) groups is 1. The molecule has 0 aliphatic rings. The van der Waals surface area contributed by atoms with E-state index >= 15 is 0 Å². The van der Waals surface area contributed by atoms with E-state index in [1.165, 1.54) is 6.07 Å². The number of carbonyl (C=O) groups excluding carboxylic acids is 1. The van der Waals surface area contributed by atoms with Crippen molar-refractivity contribution in [3.05, 3.63) is 54.1 Å². The Morgan fingerprint density at radius 3 is 2.48 bits per heavy atom. The van der Waals surface area contributed by atoms with Crippen molar-refractivity contribution in [2.24, 2.45) is 0 Å². The zero-order chi connectivity index (χ0) is 21.5. The van der Waals surface area contributed by atoms with Gasteiger partial charge in [0.05, 0.1) is 4.70 Å². The van der Waals surface area contributed by atoms with Crippen molar-refractivity contribution in [1.82, 2.24) is 9.88 Å². The van der Waals surface area contributed by atoms with Crippen LogP contribution in [0.2, 0.25) is 0 Å². The van der Waals surface area contributed by atoms with E-state index in [-0.39, 0.29) is 23.8 Å². The third kappa shape index (κ3) is 6.87. The summed E-state index contributed by atoms with van der Waals surface area (Å²) in [4.78, 5) is 22.3. The van der Waals surface area contributed by atoms with E-state index in [9.17, 15) is 13.6 Å². The molecule has 0 radical (unpaired) electrons. The van der Waals surface area contributed by atoms with Gasteiger partial charge in [-0.2, -0.15) is 0 Å². The number of likely N-dealkylation sites (N-methyl/N-ethyl adjacent to an activating group) is 1. The molecule has 4 nitrogen and oxygen atoms in total. The minimum absolute atomic E-state index is 0. The van der Waals surface area contributed by atoms with Gasteiger partial charge in [0.2, 0.25) is 5.91 Å². The molecule has 1 amide bonds. The van der Waals surface area contributed by atoms with Gasteiger partial charge in [-0.1, -0.05) is 43.4 Å². The largest absolute Gasteiger partial charge is 0.302 e. The van der Waals surface area contributed by atoms with Crippen molar-refractivity contribution in [2.75, 3.05) is 36.8 Å². The highest BCUT2D eigenvalue weighted by Crippen LogP contribution is 2.31. The summed E-state index contributed by atoms with van der Waals surface area (Å²) in [7, 11) is 0. The van der Waals surface area contributed by atoms with Crippen LogP contribution < -0.4 is 4.90 Å². The summed E-state index contributed by atoms with van der Waals surface area (Å²) in [5.41, 5.74) is 0.107. The first-order chi connectivity index (χ1) is 14.5. The maximum absolute atomic E-state index is 14.1. The third-order valence-electron chi connectivity index (χ3n) is 4.80. The van der Waals surface area contributed by atoms with Crippen molar-refractivity contribution in [3.63, 3.8) is 0 Å². The molecule has 0 saturated heterocycles. The summed E-state index contributed by atoms with van der Waals surface area (Å²) in [6.45, 7) is 7.05. The molecule has 3 rings (SSSR count). The quantitative estimate of drug-likeness (QED) is 0.337. The minimum atomic E-state index is -0.705. The molecule has 1 aromatic heterocycles. The summed E-state index contributed by atoms with van der Waals surface area (Å²) < 4.78 is 28.1. The van der Waals surface area contributed by atoms with Crippen LogP contribution >= 0.6 is 35.5 Å². The highest BCUT2D eigenvalue weighted by molar-refractivity contribution is 7.99. The summed E-state index contributed by atoms with van der Waals surface area (Å²) >= 11 is 2.77. The Hall–Kier alpha value is -1.74. The Labute approximate surface area is 196 Å². The smallest absolute Gasteiger partial charge is 0.229 e. The van der Waals surface area contributed by atoms with E-state index in [1.54, 1.807) is 16.7 Å². The van der Waals surface area contributed by atoms with Crippen molar-refractivity contribution < 1.29 is 13.6 Å². The highest BCUT2D eigenvalue weighted by atomic mass is 35.5. The minimum Gasteiger partial charge on any atom is -0.302 e. The van der Waals surface area contributed by atoms with Crippen LogP contribution in [0.4, 0.5) is 13.9 Å². The number of aromatic nitrogens is 1. The van der Waals surface area contributed by atoms with Gasteiger partial charge >= 0.3 is 0 Å². The molecule has 168 valence electrons. The number of amides is 1. The monoisotopic (exact) mass is 485 g/mol. The summed E-state index contributed by atoms with van der Waals surface area (Å²) in [6.07, 6.45) is 0.338. The van der Waals surface area contributed by atoms with E-state index in [2.05, 4.69) is 23.7 Å². The molecule has 9 heteroatoms. The lowest BCUT2D eigenvalue weighted by Crippen LogP contribution is -2.39. The number of hydrogen-bond acceptors (Lipinski definition) is 5. The van der Waals surface area contributed by atoms with E-state index in [0.717, 1.165) is 35.4 Å². The van der Waals surface area contributed by atoms with Gasteiger partial charge in [-0.25, -0.2) is 13.8 Å². The Kier molecular flexibility index (Phi) is 10.2. The van der Waals surface area contributed by atoms with Crippen LogP contribution in [-0.2, 0) is 4.79 Å². The Morgan fingerprint density at radius 1 is 1.10 bits per heavy atom. The van der Waals surface area contributed by atoms with Gasteiger partial charge in [-0.3, -0.25) is 9.69 Å². The fraction of sp³-hybridized carbons (Fsp3) is 0.364. The van der Waals surface area contributed by atoms with Gasteiger partial charge in [-0.15, -0.1) is 24.2 Å². The topological polar surface area (TPSA) is 36.4 Å². The maximum atomic E-state index is 14.1.